The van der Waals surface area contributed by atoms with Crippen LogP contribution in [0.25, 0.3) is 5.57 Å². The van der Waals surface area contributed by atoms with Crippen molar-refractivity contribution in [2.45, 2.75) is 59.5 Å². The molecule has 0 aliphatic carbocycles. The number of carbonyl (C=O) groups is 1. The first-order valence-electron chi connectivity index (χ1n) is 9.77. The topological polar surface area (TPSA) is 78.3 Å². The lowest BCUT2D eigenvalue weighted by atomic mass is 9.92. The molecule has 11 heteroatoms. The minimum atomic E-state index is -6.00. The van der Waals surface area contributed by atoms with Crippen LogP contribution in [0.3, 0.4) is 0 Å². The first-order valence-corrected chi connectivity index (χ1v) is 11.6. The zero-order valence-corrected chi connectivity index (χ0v) is 19.9. The monoisotopic (exact) mass is 492 g/mol. The highest BCUT2D eigenvalue weighted by Gasteiger charge is 2.49. The van der Waals surface area contributed by atoms with Gasteiger partial charge in [0, 0.05) is 17.1 Å². The van der Waals surface area contributed by atoms with Crippen LogP contribution in [0.2, 0.25) is 5.02 Å². The number of benzene rings is 1. The van der Waals surface area contributed by atoms with Crippen LogP contribution in [0.5, 0.6) is 5.88 Å². The number of halogens is 4. The van der Waals surface area contributed by atoms with Crippen LogP contribution in [0.4, 0.5) is 13.2 Å². The van der Waals surface area contributed by atoms with E-state index in [1.54, 1.807) is 6.92 Å². The summed E-state index contributed by atoms with van der Waals surface area (Å²) in [5.74, 6) is -1.49. The summed E-state index contributed by atoms with van der Waals surface area (Å²) in [5, 5.41) is 4.31. The van der Waals surface area contributed by atoms with Gasteiger partial charge >= 0.3 is 15.6 Å². The van der Waals surface area contributed by atoms with Crippen molar-refractivity contribution in [1.29, 1.82) is 0 Å². The maximum absolute atomic E-state index is 13.3. The Morgan fingerprint density at radius 3 is 2.34 bits per heavy atom. The standard InChI is InChI=1S/C21H24ClF3N2O4S/c1-6-7-10-27-20(31-32(29,30)21(23,24)25)16(11-26-27)19(28)15-8-9-17(22)18(14(15)5)13(4)12(2)3/h8-9,11H,6-7,10H2,1-5H3. The Balaban J connectivity index is 2.66. The number of carbonyl (C=O) groups excluding carboxylic acids is 1. The average molecular weight is 493 g/mol. The van der Waals surface area contributed by atoms with Crippen molar-refractivity contribution in [3.63, 3.8) is 0 Å². The van der Waals surface area contributed by atoms with Crippen molar-refractivity contribution >= 4 is 33.1 Å². The molecule has 0 bridgehead atoms. The minimum absolute atomic E-state index is 0.0776. The van der Waals surface area contributed by atoms with Gasteiger partial charge in [-0.2, -0.15) is 26.7 Å². The molecule has 0 atom stereocenters. The average Bonchev–Trinajstić information content (AvgIpc) is 3.06. The van der Waals surface area contributed by atoms with Crippen LogP contribution in [0.1, 0.15) is 67.6 Å². The number of aromatic nitrogens is 2. The predicted octanol–water partition coefficient (Wildman–Crippen LogP) is 5.92. The Morgan fingerprint density at radius 1 is 1.19 bits per heavy atom. The van der Waals surface area contributed by atoms with Crippen LogP contribution in [0.15, 0.2) is 23.9 Å². The Morgan fingerprint density at radius 2 is 1.81 bits per heavy atom. The third kappa shape index (κ3) is 5.17. The summed E-state index contributed by atoms with van der Waals surface area (Å²) in [6.07, 6.45) is 2.17. The van der Waals surface area contributed by atoms with Crippen LogP contribution in [0, 0.1) is 6.92 Å². The minimum Gasteiger partial charge on any atom is -0.355 e. The van der Waals surface area contributed by atoms with Gasteiger partial charge in [0.2, 0.25) is 5.88 Å². The second-order valence-electron chi connectivity index (χ2n) is 7.47. The van der Waals surface area contributed by atoms with Crippen LogP contribution in [-0.4, -0.2) is 29.5 Å². The molecule has 6 nitrogen and oxygen atoms in total. The maximum Gasteiger partial charge on any atom is 0.534 e. The van der Waals surface area contributed by atoms with Crippen LogP contribution < -0.4 is 4.18 Å². The van der Waals surface area contributed by atoms with E-state index in [0.717, 1.165) is 22.0 Å². The van der Waals surface area contributed by atoms with Gasteiger partial charge in [-0.3, -0.25) is 4.79 Å². The third-order valence-electron chi connectivity index (χ3n) is 5.02. The van der Waals surface area contributed by atoms with E-state index in [1.807, 2.05) is 27.7 Å². The van der Waals surface area contributed by atoms with Gasteiger partial charge < -0.3 is 4.18 Å². The highest BCUT2D eigenvalue weighted by Crippen LogP contribution is 2.34. The molecule has 1 heterocycles. The largest absolute Gasteiger partial charge is 0.534 e. The summed E-state index contributed by atoms with van der Waals surface area (Å²) < 4.78 is 67.5. The molecule has 0 saturated heterocycles. The molecular weight excluding hydrogens is 469 g/mol. The molecule has 0 spiro atoms. The Labute approximate surface area is 190 Å². The van der Waals surface area contributed by atoms with E-state index in [1.165, 1.54) is 12.1 Å². The smallest absolute Gasteiger partial charge is 0.355 e. The molecule has 32 heavy (non-hydrogen) atoms. The lowest BCUT2D eigenvalue weighted by Gasteiger charge is -2.15. The van der Waals surface area contributed by atoms with Crippen LogP contribution >= 0.6 is 11.6 Å². The van der Waals surface area contributed by atoms with Gasteiger partial charge in [-0.05, 0) is 62.9 Å². The molecule has 1 aromatic carbocycles. The normalized spacial score (nSPS) is 12.0. The van der Waals surface area contributed by atoms with Gasteiger partial charge in [0.05, 0.1) is 6.20 Å². The van der Waals surface area contributed by atoms with Crippen molar-refractivity contribution < 1.29 is 30.6 Å². The number of ketones is 1. The molecule has 0 saturated carbocycles. The Kier molecular flexibility index (Phi) is 7.83. The molecule has 0 unspecified atom stereocenters. The maximum atomic E-state index is 13.3. The van der Waals surface area contributed by atoms with Gasteiger partial charge in [0.25, 0.3) is 0 Å². The summed E-state index contributed by atoms with van der Waals surface area (Å²) in [7, 11) is -6.00. The highest BCUT2D eigenvalue weighted by molar-refractivity contribution is 7.88. The SMILES string of the molecule is CCCCn1ncc(C(=O)c2ccc(Cl)c(C(C)=C(C)C)c2C)c1OS(=O)(=O)C(F)(F)F. The number of alkyl halides is 3. The molecule has 0 fully saturated rings. The van der Waals surface area contributed by atoms with Gasteiger partial charge in [0.15, 0.2) is 5.78 Å². The lowest BCUT2D eigenvalue weighted by Crippen LogP contribution is -2.29. The van der Waals surface area contributed by atoms with Gasteiger partial charge in [0.1, 0.15) is 5.56 Å². The van der Waals surface area contributed by atoms with Crippen molar-refractivity contribution in [2.75, 3.05) is 0 Å². The second kappa shape index (κ2) is 9.66. The van der Waals surface area contributed by atoms with Crippen molar-refractivity contribution in [3.8, 4) is 5.88 Å². The van der Waals surface area contributed by atoms with Gasteiger partial charge in [-0.1, -0.05) is 30.5 Å². The van der Waals surface area contributed by atoms with E-state index in [4.69, 9.17) is 11.6 Å². The number of unbranched alkanes of at least 4 members (excludes halogenated alkanes) is 1. The fourth-order valence-electron chi connectivity index (χ4n) is 3.02. The Hall–Kier alpha value is -2.33. The fraction of sp³-hybridized carbons (Fsp3) is 0.429. The molecule has 2 rings (SSSR count). The molecule has 0 aliphatic heterocycles. The third-order valence-corrected chi connectivity index (χ3v) is 6.27. The molecule has 0 amide bonds. The molecular formula is C21H24ClF3N2O4S. The zero-order chi connectivity index (χ0) is 24.4. The van der Waals surface area contributed by atoms with Crippen molar-refractivity contribution in [3.05, 3.63) is 51.2 Å². The van der Waals surface area contributed by atoms with E-state index in [9.17, 15) is 26.4 Å². The number of nitrogens with zero attached hydrogens (tertiary/aromatic N) is 2. The molecule has 0 aliphatic rings. The fourth-order valence-corrected chi connectivity index (χ4v) is 3.84. The Bertz CT molecular complexity index is 1160. The van der Waals surface area contributed by atoms with E-state index in [-0.39, 0.29) is 17.7 Å². The second-order valence-corrected chi connectivity index (χ2v) is 9.42. The number of rotatable bonds is 8. The van der Waals surface area contributed by atoms with Crippen molar-refractivity contribution in [2.24, 2.45) is 0 Å². The predicted molar refractivity (Wildman–Crippen MR) is 116 cm³/mol. The summed E-state index contributed by atoms with van der Waals surface area (Å²) in [5.41, 5.74) is -2.95. The quantitative estimate of drug-likeness (QED) is 0.260. The summed E-state index contributed by atoms with van der Waals surface area (Å²) in [6.45, 7) is 9.18. The number of hydrogen-bond donors (Lipinski definition) is 0. The number of aryl methyl sites for hydroxylation is 1. The highest BCUT2D eigenvalue weighted by atomic mass is 35.5. The van der Waals surface area contributed by atoms with Crippen molar-refractivity contribution in [1.82, 2.24) is 9.78 Å². The van der Waals surface area contributed by atoms with E-state index < -0.39 is 27.3 Å². The summed E-state index contributed by atoms with van der Waals surface area (Å²) >= 11 is 6.33. The van der Waals surface area contributed by atoms with E-state index in [0.29, 0.717) is 29.0 Å². The van der Waals surface area contributed by atoms with Gasteiger partial charge in [-0.25, -0.2) is 4.68 Å². The summed E-state index contributed by atoms with van der Waals surface area (Å²) in [4.78, 5) is 13.3. The number of allylic oxidation sites excluding steroid dienone is 2. The van der Waals surface area contributed by atoms with Gasteiger partial charge in [-0.15, -0.1) is 0 Å². The first-order chi connectivity index (χ1) is 14.7. The molecule has 176 valence electrons. The molecule has 2 aromatic rings. The lowest BCUT2D eigenvalue weighted by molar-refractivity contribution is -0.0502. The molecule has 0 radical (unpaired) electrons. The summed E-state index contributed by atoms with van der Waals surface area (Å²) in [6, 6.07) is 2.95. The molecule has 0 N–H and O–H groups in total. The van der Waals surface area contributed by atoms with Crippen LogP contribution in [-0.2, 0) is 16.7 Å². The first kappa shape index (κ1) is 25.9. The van der Waals surface area contributed by atoms with E-state index >= 15 is 0 Å². The molecule has 1 aromatic heterocycles. The zero-order valence-electron chi connectivity index (χ0n) is 18.3. The van der Waals surface area contributed by atoms with E-state index in [2.05, 4.69) is 9.28 Å². The number of hydrogen-bond acceptors (Lipinski definition) is 5.